The van der Waals surface area contributed by atoms with Gasteiger partial charge in [0.2, 0.25) is 0 Å². The normalized spacial score (nSPS) is 12.4. The Morgan fingerprint density at radius 3 is 2.41 bits per heavy atom. The fourth-order valence-corrected chi connectivity index (χ4v) is 2.56. The molecule has 0 amide bonds. The van der Waals surface area contributed by atoms with Crippen molar-refractivity contribution in [1.29, 1.82) is 0 Å². The molecule has 3 rings (SSSR count). The molecule has 4 N–H and O–H groups in total. The molecule has 27 heavy (non-hydrogen) atoms. The molecule has 0 saturated carbocycles. The molecule has 0 saturated heterocycles. The molecule has 2 aromatic rings. The minimum absolute atomic E-state index is 0.558. The van der Waals surface area contributed by atoms with E-state index in [0.717, 1.165) is 30.0 Å². The van der Waals surface area contributed by atoms with Crippen LogP contribution in [0.15, 0.2) is 48.7 Å². The molecule has 1 heterocycles. The van der Waals surface area contributed by atoms with Gasteiger partial charge in [-0.05, 0) is 59.9 Å². The number of carbonyl (C=O) groups is 2. The molecule has 0 unspecified atom stereocenters. The molecular formula is C20H20N2O5. The van der Waals surface area contributed by atoms with Crippen molar-refractivity contribution in [3.8, 4) is 5.75 Å². The van der Waals surface area contributed by atoms with E-state index >= 15 is 0 Å². The van der Waals surface area contributed by atoms with Gasteiger partial charge < -0.3 is 20.7 Å². The number of methoxy groups -OCH3 is 1. The molecule has 0 bridgehead atoms. The van der Waals surface area contributed by atoms with Crippen LogP contribution in [0.5, 0.6) is 5.75 Å². The Labute approximate surface area is 156 Å². The topological polar surface area (TPSA) is 123 Å². The van der Waals surface area contributed by atoms with Gasteiger partial charge in [0.1, 0.15) is 5.75 Å². The Morgan fingerprint density at radius 1 is 1.11 bits per heavy atom. The zero-order chi connectivity index (χ0) is 19.8. The summed E-state index contributed by atoms with van der Waals surface area (Å²) in [5.41, 5.74) is 11.3. The van der Waals surface area contributed by atoms with Crippen molar-refractivity contribution >= 4 is 29.3 Å². The van der Waals surface area contributed by atoms with Crippen LogP contribution in [0.1, 0.15) is 23.2 Å². The van der Waals surface area contributed by atoms with E-state index in [9.17, 15) is 9.59 Å². The number of hydrogen-bond donors (Lipinski definition) is 3. The quantitative estimate of drug-likeness (QED) is 0.709. The van der Waals surface area contributed by atoms with Crippen LogP contribution in [0, 0.1) is 0 Å². The predicted molar refractivity (Wildman–Crippen MR) is 102 cm³/mol. The lowest BCUT2D eigenvalue weighted by Crippen LogP contribution is -2.01. The number of nitrogens with two attached hydrogens (primary N) is 1. The molecule has 7 nitrogen and oxygen atoms in total. The average Bonchev–Trinajstić information content (AvgIpc) is 2.66. The summed E-state index contributed by atoms with van der Waals surface area (Å²) in [4.78, 5) is 23.5. The molecule has 1 aromatic carbocycles. The fraction of sp³-hybridized carbons (Fsp3) is 0.150. The molecule has 7 heteroatoms. The van der Waals surface area contributed by atoms with E-state index in [1.54, 1.807) is 13.3 Å². The molecule has 1 aliphatic rings. The number of anilines is 1. The molecule has 0 atom stereocenters. The maximum atomic E-state index is 9.55. The van der Waals surface area contributed by atoms with E-state index in [0.29, 0.717) is 12.2 Å². The van der Waals surface area contributed by atoms with Crippen molar-refractivity contribution in [3.63, 3.8) is 0 Å². The maximum absolute atomic E-state index is 9.55. The zero-order valence-corrected chi connectivity index (χ0v) is 14.8. The highest BCUT2D eigenvalue weighted by molar-refractivity contribution is 5.89. The van der Waals surface area contributed by atoms with Gasteiger partial charge in [-0.1, -0.05) is 6.07 Å². The zero-order valence-electron chi connectivity index (χ0n) is 14.8. The van der Waals surface area contributed by atoms with Gasteiger partial charge in [-0.15, -0.1) is 0 Å². The summed E-state index contributed by atoms with van der Waals surface area (Å²) >= 11 is 0. The number of carboxylic acids is 2. The minimum atomic E-state index is -1.26. The number of aryl methyl sites for hydroxylation is 1. The summed E-state index contributed by atoms with van der Waals surface area (Å²) < 4.78 is 5.28. The van der Waals surface area contributed by atoms with Crippen molar-refractivity contribution in [2.75, 3.05) is 12.8 Å². The summed E-state index contributed by atoms with van der Waals surface area (Å²) in [6.45, 7) is 0. The largest absolute Gasteiger partial charge is 0.497 e. The second kappa shape index (κ2) is 9.19. The van der Waals surface area contributed by atoms with Gasteiger partial charge in [0, 0.05) is 24.0 Å². The number of allylic oxidation sites excluding steroid dienone is 1. The first-order chi connectivity index (χ1) is 12.9. The van der Waals surface area contributed by atoms with Crippen LogP contribution in [0.3, 0.4) is 0 Å². The lowest BCUT2D eigenvalue weighted by atomic mass is 9.90. The molecule has 0 radical (unpaired) electrons. The monoisotopic (exact) mass is 368 g/mol. The van der Waals surface area contributed by atoms with E-state index in [1.165, 1.54) is 16.7 Å². The summed E-state index contributed by atoms with van der Waals surface area (Å²) in [6.07, 6.45) is 7.08. The van der Waals surface area contributed by atoms with Crippen LogP contribution >= 0.6 is 0 Å². The fourth-order valence-electron chi connectivity index (χ4n) is 2.56. The van der Waals surface area contributed by atoms with Crippen molar-refractivity contribution in [2.24, 2.45) is 0 Å². The van der Waals surface area contributed by atoms with Crippen molar-refractivity contribution in [3.05, 3.63) is 65.5 Å². The van der Waals surface area contributed by atoms with Gasteiger partial charge in [-0.25, -0.2) is 9.59 Å². The standard InChI is InChI=1S/C16H16N2O.C4H4O4/c1-19-15-5-4-11-2-3-12(8-13(11)9-15)16-10-14(17)6-7-18-16;5-3(6)1-2-4(7)8/h4-10H,2-3H2,1H3,(H2,17,18);1-2H,(H,5,6)(H,7,8). The molecule has 140 valence electrons. The second-order valence-corrected chi connectivity index (χ2v) is 5.72. The van der Waals surface area contributed by atoms with Crippen LogP contribution in [0.2, 0.25) is 0 Å². The molecule has 0 fully saturated rings. The van der Waals surface area contributed by atoms with Gasteiger partial charge in [-0.3, -0.25) is 4.98 Å². The predicted octanol–water partition coefficient (Wildman–Crippen LogP) is 2.87. The number of pyridine rings is 1. The van der Waals surface area contributed by atoms with Crippen molar-refractivity contribution in [1.82, 2.24) is 4.98 Å². The summed E-state index contributed by atoms with van der Waals surface area (Å²) in [7, 11) is 1.69. The Hall–Kier alpha value is -3.61. The van der Waals surface area contributed by atoms with Crippen LogP contribution < -0.4 is 10.5 Å². The number of nitrogen functional groups attached to an aromatic ring is 1. The van der Waals surface area contributed by atoms with Gasteiger partial charge in [0.05, 0.1) is 12.8 Å². The second-order valence-electron chi connectivity index (χ2n) is 5.72. The number of ether oxygens (including phenoxy) is 1. The van der Waals surface area contributed by atoms with Gasteiger partial charge in [-0.2, -0.15) is 0 Å². The lowest BCUT2D eigenvalue weighted by Gasteiger charge is -2.17. The highest BCUT2D eigenvalue weighted by Gasteiger charge is 2.13. The highest BCUT2D eigenvalue weighted by Crippen LogP contribution is 2.31. The van der Waals surface area contributed by atoms with E-state index < -0.39 is 11.9 Å². The summed E-state index contributed by atoms with van der Waals surface area (Å²) in [6, 6.07) is 9.95. The van der Waals surface area contributed by atoms with E-state index in [1.807, 2.05) is 18.2 Å². The maximum Gasteiger partial charge on any atom is 0.328 e. The Kier molecular flexibility index (Phi) is 6.71. The molecule has 1 aromatic heterocycles. The van der Waals surface area contributed by atoms with Crippen LogP contribution in [0.4, 0.5) is 5.69 Å². The van der Waals surface area contributed by atoms with Gasteiger partial charge in [0.15, 0.2) is 0 Å². The smallest absolute Gasteiger partial charge is 0.328 e. The highest BCUT2D eigenvalue weighted by atomic mass is 16.5. The minimum Gasteiger partial charge on any atom is -0.497 e. The van der Waals surface area contributed by atoms with Crippen molar-refractivity contribution < 1.29 is 24.5 Å². The third-order valence-electron chi connectivity index (χ3n) is 3.83. The van der Waals surface area contributed by atoms with E-state index in [4.69, 9.17) is 20.7 Å². The molecule has 0 aliphatic heterocycles. The first kappa shape index (κ1) is 19.7. The van der Waals surface area contributed by atoms with Gasteiger partial charge in [0.25, 0.3) is 0 Å². The third kappa shape index (κ3) is 6.00. The molecular weight excluding hydrogens is 348 g/mol. The van der Waals surface area contributed by atoms with Gasteiger partial charge >= 0.3 is 11.9 Å². The third-order valence-corrected chi connectivity index (χ3v) is 3.83. The Morgan fingerprint density at radius 2 is 1.81 bits per heavy atom. The van der Waals surface area contributed by atoms with Crippen molar-refractivity contribution in [2.45, 2.75) is 12.8 Å². The number of aliphatic carboxylic acids is 2. The Balaban J connectivity index is 0.000000279. The number of benzene rings is 1. The number of fused-ring (bicyclic) bond motifs is 1. The summed E-state index contributed by atoms with van der Waals surface area (Å²) in [5.74, 6) is -1.63. The summed E-state index contributed by atoms with van der Waals surface area (Å²) in [5, 5.41) is 15.6. The van der Waals surface area contributed by atoms with Crippen LogP contribution in [-0.2, 0) is 16.0 Å². The van der Waals surface area contributed by atoms with Crippen LogP contribution in [0.25, 0.3) is 11.6 Å². The average molecular weight is 368 g/mol. The van der Waals surface area contributed by atoms with E-state index in [-0.39, 0.29) is 0 Å². The number of aromatic nitrogens is 1. The number of rotatable bonds is 4. The lowest BCUT2D eigenvalue weighted by molar-refractivity contribution is -0.134. The SMILES string of the molecule is COc1ccc2c(c1)C=C(c1cc(N)ccn1)CC2.O=C(O)C=CC(=O)O. The number of nitrogens with zero attached hydrogens (tertiary/aromatic N) is 1. The van der Waals surface area contributed by atoms with E-state index in [2.05, 4.69) is 23.2 Å². The van der Waals surface area contributed by atoms with Crippen LogP contribution in [-0.4, -0.2) is 34.2 Å². The molecule has 0 spiro atoms. The first-order valence-corrected chi connectivity index (χ1v) is 8.12. The first-order valence-electron chi connectivity index (χ1n) is 8.12. The number of carboxylic acid groups (broad SMARTS) is 2. The Bertz CT molecular complexity index is 887. The number of hydrogen-bond acceptors (Lipinski definition) is 5. The molecule has 1 aliphatic carbocycles.